The second kappa shape index (κ2) is 8.42. The zero-order chi connectivity index (χ0) is 21.1. The van der Waals surface area contributed by atoms with Gasteiger partial charge in [0.1, 0.15) is 11.5 Å². The number of amides is 2. The largest absolute Gasteiger partial charge is 0.478 e. The topological polar surface area (TPSA) is 111 Å². The molecule has 0 spiro atoms. The highest BCUT2D eigenvalue weighted by molar-refractivity contribution is 5.88. The zero-order valence-corrected chi connectivity index (χ0v) is 16.6. The Hall–Kier alpha value is -2.23. The number of morpholine rings is 1. The second-order valence-corrected chi connectivity index (χ2v) is 7.58. The van der Waals surface area contributed by atoms with E-state index < -0.39 is 34.7 Å². The normalized spacial score (nSPS) is 18.3. The Bertz CT molecular complexity index is 732. The van der Waals surface area contributed by atoms with E-state index in [1.807, 2.05) is 0 Å². The van der Waals surface area contributed by atoms with Gasteiger partial charge in [0.05, 0.1) is 24.9 Å². The molecule has 1 saturated heterocycles. The molecule has 156 valence electrons. The summed E-state index contributed by atoms with van der Waals surface area (Å²) in [7, 11) is 0. The molecule has 9 heteroatoms. The highest BCUT2D eigenvalue weighted by Gasteiger charge is 2.44. The van der Waals surface area contributed by atoms with Gasteiger partial charge in [-0.1, -0.05) is 26.0 Å². The van der Waals surface area contributed by atoms with Crippen molar-refractivity contribution in [2.45, 2.75) is 45.0 Å². The number of nitrogens with one attached hydrogen (secondary N) is 2. The smallest absolute Gasteiger partial charge is 0.338 e. The molecule has 0 saturated carbocycles. The van der Waals surface area contributed by atoms with Crippen LogP contribution in [0.4, 0.5) is 9.18 Å². The molecule has 0 aliphatic carbocycles. The molecule has 8 nitrogen and oxygen atoms in total. The van der Waals surface area contributed by atoms with Crippen molar-refractivity contribution in [2.75, 3.05) is 26.3 Å². The fraction of sp³-hybridized carbons (Fsp3) is 0.579. The lowest BCUT2D eigenvalue weighted by Gasteiger charge is -2.43. The number of rotatable bonds is 6. The minimum atomic E-state index is -1.66. The van der Waals surface area contributed by atoms with Crippen molar-refractivity contribution in [3.63, 3.8) is 0 Å². The molecular weight excluding hydrogens is 369 g/mol. The Kier molecular flexibility index (Phi) is 6.63. The predicted octanol–water partition coefficient (Wildman–Crippen LogP) is 1.49. The second-order valence-electron chi connectivity index (χ2n) is 7.58. The molecule has 0 aromatic heterocycles. The summed E-state index contributed by atoms with van der Waals surface area (Å²) >= 11 is 0. The van der Waals surface area contributed by atoms with Gasteiger partial charge in [-0.3, -0.25) is 5.32 Å². The van der Waals surface area contributed by atoms with Crippen molar-refractivity contribution in [2.24, 2.45) is 0 Å². The summed E-state index contributed by atoms with van der Waals surface area (Å²) in [4.78, 5) is 25.1. The van der Waals surface area contributed by atoms with Crippen LogP contribution in [-0.4, -0.2) is 65.3 Å². The van der Waals surface area contributed by atoms with E-state index in [2.05, 4.69) is 10.6 Å². The number of hydrogen-bond donors (Lipinski definition) is 4. The van der Waals surface area contributed by atoms with E-state index in [0.29, 0.717) is 26.3 Å². The molecule has 1 fully saturated rings. The minimum absolute atomic E-state index is 0.0524. The molecule has 0 bridgehead atoms. The van der Waals surface area contributed by atoms with Crippen LogP contribution in [0.25, 0.3) is 0 Å². The van der Waals surface area contributed by atoms with Crippen LogP contribution in [0.3, 0.4) is 0 Å². The SMILES string of the molecule is CC(NC(=O)N1CCOCC1)NC(C)(O)C(C)(C)c1cccc(C(=O)O)c1F. The van der Waals surface area contributed by atoms with Gasteiger partial charge in [-0.05, 0) is 25.5 Å². The number of carboxylic acid groups (broad SMARTS) is 1. The molecule has 0 radical (unpaired) electrons. The molecule has 1 aromatic carbocycles. The van der Waals surface area contributed by atoms with Gasteiger partial charge in [-0.15, -0.1) is 0 Å². The molecule has 4 N–H and O–H groups in total. The number of urea groups is 1. The summed E-state index contributed by atoms with van der Waals surface area (Å²) < 4.78 is 19.9. The van der Waals surface area contributed by atoms with Gasteiger partial charge in [-0.25, -0.2) is 14.0 Å². The number of aliphatic hydroxyl groups is 1. The van der Waals surface area contributed by atoms with Crippen molar-refractivity contribution in [1.29, 1.82) is 0 Å². The van der Waals surface area contributed by atoms with E-state index >= 15 is 0 Å². The summed E-state index contributed by atoms with van der Waals surface area (Å²) in [5, 5.41) is 25.8. The van der Waals surface area contributed by atoms with Gasteiger partial charge in [-0.2, -0.15) is 0 Å². The van der Waals surface area contributed by atoms with Crippen LogP contribution in [0.2, 0.25) is 0 Å². The van der Waals surface area contributed by atoms with Crippen LogP contribution in [-0.2, 0) is 10.2 Å². The standard InChI is InChI=1S/C19H28FN3O5/c1-12(21-17(26)23-8-10-28-11-9-23)22-19(4,27)18(2,3)14-7-5-6-13(15(14)20)16(24)25/h5-7,12,22,27H,8-11H2,1-4H3,(H,21,26)(H,24,25). The molecule has 1 aliphatic heterocycles. The van der Waals surface area contributed by atoms with Gasteiger partial charge in [0, 0.05) is 18.5 Å². The van der Waals surface area contributed by atoms with Crippen molar-refractivity contribution >= 4 is 12.0 Å². The lowest BCUT2D eigenvalue weighted by atomic mass is 9.74. The first-order valence-electron chi connectivity index (χ1n) is 9.13. The average Bonchev–Trinajstić information content (AvgIpc) is 2.61. The molecule has 2 atom stereocenters. The van der Waals surface area contributed by atoms with E-state index in [1.54, 1.807) is 25.7 Å². The highest BCUT2D eigenvalue weighted by Crippen LogP contribution is 2.36. The maximum Gasteiger partial charge on any atom is 0.338 e. The minimum Gasteiger partial charge on any atom is -0.478 e. The number of aromatic carboxylic acids is 1. The maximum atomic E-state index is 14.7. The molecule has 1 heterocycles. The van der Waals surface area contributed by atoms with E-state index in [4.69, 9.17) is 9.84 Å². The summed E-state index contributed by atoms with van der Waals surface area (Å²) in [5.41, 5.74) is -3.28. The molecular formula is C19H28FN3O5. The van der Waals surface area contributed by atoms with Gasteiger partial charge < -0.3 is 25.2 Å². The third-order valence-corrected chi connectivity index (χ3v) is 5.26. The summed E-state index contributed by atoms with van der Waals surface area (Å²) in [5.74, 6) is -2.28. The van der Waals surface area contributed by atoms with Crippen LogP contribution >= 0.6 is 0 Å². The summed E-state index contributed by atoms with van der Waals surface area (Å²) in [6.45, 7) is 8.21. The number of carbonyl (C=O) groups is 2. The maximum absolute atomic E-state index is 14.7. The monoisotopic (exact) mass is 397 g/mol. The highest BCUT2D eigenvalue weighted by atomic mass is 19.1. The summed E-state index contributed by atoms with van der Waals surface area (Å²) in [6.07, 6.45) is -0.629. The van der Waals surface area contributed by atoms with Crippen LogP contribution in [0.5, 0.6) is 0 Å². The van der Waals surface area contributed by atoms with Crippen LogP contribution < -0.4 is 10.6 Å². The Balaban J connectivity index is 2.14. The first-order valence-corrected chi connectivity index (χ1v) is 9.13. The number of halogens is 1. The molecule has 2 rings (SSSR count). The quantitative estimate of drug-likeness (QED) is 0.541. The third-order valence-electron chi connectivity index (χ3n) is 5.26. The number of ether oxygens (including phenoxy) is 1. The molecule has 28 heavy (non-hydrogen) atoms. The van der Waals surface area contributed by atoms with E-state index in [0.717, 1.165) is 0 Å². The lowest BCUT2D eigenvalue weighted by molar-refractivity contribution is -0.0514. The first-order chi connectivity index (χ1) is 13.0. The number of carboxylic acids is 1. The fourth-order valence-corrected chi connectivity index (χ4v) is 3.12. The van der Waals surface area contributed by atoms with Gasteiger partial charge in [0.2, 0.25) is 0 Å². The van der Waals surface area contributed by atoms with Crippen molar-refractivity contribution in [1.82, 2.24) is 15.5 Å². The Morgan fingerprint density at radius 1 is 1.25 bits per heavy atom. The fourth-order valence-electron chi connectivity index (χ4n) is 3.12. The van der Waals surface area contributed by atoms with Gasteiger partial charge in [0.15, 0.2) is 0 Å². The molecule has 1 aromatic rings. The Labute approximate surface area is 163 Å². The average molecular weight is 397 g/mol. The third kappa shape index (κ3) is 4.60. The van der Waals surface area contributed by atoms with Crippen LogP contribution in [0.15, 0.2) is 18.2 Å². The molecule has 2 amide bonds. The van der Waals surface area contributed by atoms with Gasteiger partial charge >= 0.3 is 12.0 Å². The molecule has 2 unspecified atom stereocenters. The van der Waals surface area contributed by atoms with Crippen molar-refractivity contribution in [3.8, 4) is 0 Å². The summed E-state index contributed by atoms with van der Waals surface area (Å²) in [6, 6.07) is 3.75. The Morgan fingerprint density at radius 3 is 2.43 bits per heavy atom. The van der Waals surface area contributed by atoms with Crippen LogP contribution in [0, 0.1) is 5.82 Å². The Morgan fingerprint density at radius 2 is 1.86 bits per heavy atom. The predicted molar refractivity (Wildman–Crippen MR) is 101 cm³/mol. The molecule has 1 aliphatic rings. The number of carbonyl (C=O) groups excluding carboxylic acids is 1. The van der Waals surface area contributed by atoms with Crippen molar-refractivity contribution < 1.29 is 28.9 Å². The number of nitrogens with zero attached hydrogens (tertiary/aromatic N) is 1. The van der Waals surface area contributed by atoms with E-state index in [-0.39, 0.29) is 11.6 Å². The van der Waals surface area contributed by atoms with Gasteiger partial charge in [0.25, 0.3) is 0 Å². The number of benzene rings is 1. The van der Waals surface area contributed by atoms with Crippen LogP contribution in [0.1, 0.15) is 43.6 Å². The lowest BCUT2D eigenvalue weighted by Crippen LogP contribution is -2.63. The van der Waals surface area contributed by atoms with E-state index in [1.165, 1.54) is 25.1 Å². The van der Waals surface area contributed by atoms with E-state index in [9.17, 15) is 19.1 Å². The number of hydrogen-bond acceptors (Lipinski definition) is 5. The van der Waals surface area contributed by atoms with Crippen molar-refractivity contribution in [3.05, 3.63) is 35.1 Å². The first kappa shape index (κ1) is 22.1. The zero-order valence-electron chi connectivity index (χ0n) is 16.6.